The van der Waals surface area contributed by atoms with Gasteiger partial charge in [0.1, 0.15) is 0 Å². The fraction of sp³-hybridized carbons (Fsp3) is 0. The van der Waals surface area contributed by atoms with Crippen LogP contribution in [0.15, 0.2) is 24.3 Å². The molecular weight excluding hydrogens is 168 g/mol. The van der Waals surface area contributed by atoms with Gasteiger partial charge in [0.25, 0.3) is 0 Å². The van der Waals surface area contributed by atoms with Gasteiger partial charge in [-0.05, 0) is 33.0 Å². The van der Waals surface area contributed by atoms with Crippen molar-refractivity contribution in [3.63, 3.8) is 0 Å². The first-order valence-corrected chi connectivity index (χ1v) is 4.89. The third kappa shape index (κ3) is 0.589. The van der Waals surface area contributed by atoms with Gasteiger partial charge in [0.05, 0.1) is 0 Å². The average Bonchev–Trinajstić information content (AvgIpc) is 2.77. The molecule has 0 amide bonds. The van der Waals surface area contributed by atoms with Gasteiger partial charge < -0.3 is 0 Å². The van der Waals surface area contributed by atoms with Gasteiger partial charge in [-0.25, -0.2) is 0 Å². The van der Waals surface area contributed by atoms with Gasteiger partial charge in [-0.1, -0.05) is 48.6 Å². The standard InChI is InChI=1S/C14H8/c1-2-10-7-8-12-4-3-11-6-5-9(1)13(10)14(11)12/h1-8H. The predicted molar refractivity (Wildman–Crippen MR) is 61.8 cm³/mol. The summed E-state index contributed by atoms with van der Waals surface area (Å²) in [6.45, 7) is 0. The van der Waals surface area contributed by atoms with Gasteiger partial charge in [0, 0.05) is 0 Å². The van der Waals surface area contributed by atoms with Crippen molar-refractivity contribution in [3.8, 4) is 0 Å². The Morgan fingerprint density at radius 1 is 0.429 bits per heavy atom. The SMILES string of the molecule is C1=Cc2ccc3c4c(ccc1c24)C=C3. The van der Waals surface area contributed by atoms with Crippen LogP contribution in [0.25, 0.3) is 35.1 Å². The third-order valence-electron chi connectivity index (χ3n) is 3.17. The monoisotopic (exact) mass is 176 g/mol. The van der Waals surface area contributed by atoms with Crippen molar-refractivity contribution in [2.24, 2.45) is 0 Å². The number of hydrogen-bond acceptors (Lipinski definition) is 0. The molecule has 0 heteroatoms. The summed E-state index contributed by atoms with van der Waals surface area (Å²) in [4.78, 5) is 0. The van der Waals surface area contributed by atoms with Crippen LogP contribution in [0.1, 0.15) is 22.3 Å². The fourth-order valence-electron chi connectivity index (χ4n) is 2.52. The smallest absolute Gasteiger partial charge is 0.00268 e. The summed E-state index contributed by atoms with van der Waals surface area (Å²) in [6, 6.07) is 8.85. The Kier molecular flexibility index (Phi) is 0.935. The fourth-order valence-corrected chi connectivity index (χ4v) is 2.52. The first-order valence-electron chi connectivity index (χ1n) is 4.89. The van der Waals surface area contributed by atoms with Gasteiger partial charge in [-0.15, -0.1) is 0 Å². The van der Waals surface area contributed by atoms with Crippen molar-refractivity contribution in [3.05, 3.63) is 46.5 Å². The van der Waals surface area contributed by atoms with Crippen LogP contribution in [0, 0.1) is 0 Å². The lowest BCUT2D eigenvalue weighted by atomic mass is 9.99. The minimum absolute atomic E-state index is 1.37. The van der Waals surface area contributed by atoms with Crippen LogP contribution in [0.2, 0.25) is 0 Å². The summed E-state index contributed by atoms with van der Waals surface area (Å²) >= 11 is 0. The molecule has 64 valence electrons. The minimum atomic E-state index is 1.37. The lowest BCUT2D eigenvalue weighted by Gasteiger charge is -2.04. The molecule has 0 radical (unpaired) electrons. The lowest BCUT2D eigenvalue weighted by molar-refractivity contribution is 1.69. The molecule has 0 atom stereocenters. The maximum Gasteiger partial charge on any atom is -0.00268 e. The molecule has 0 saturated carbocycles. The zero-order chi connectivity index (χ0) is 9.12. The van der Waals surface area contributed by atoms with Crippen molar-refractivity contribution >= 4 is 35.1 Å². The van der Waals surface area contributed by atoms with E-state index in [1.165, 1.54) is 33.0 Å². The average molecular weight is 176 g/mol. The summed E-state index contributed by atoms with van der Waals surface area (Å²) < 4.78 is 0. The van der Waals surface area contributed by atoms with Crippen LogP contribution >= 0.6 is 0 Å². The van der Waals surface area contributed by atoms with Crippen LogP contribution in [-0.4, -0.2) is 0 Å². The van der Waals surface area contributed by atoms with Crippen molar-refractivity contribution in [2.75, 3.05) is 0 Å². The molecule has 2 aromatic carbocycles. The van der Waals surface area contributed by atoms with Crippen molar-refractivity contribution < 1.29 is 0 Å². The maximum absolute atomic E-state index is 2.21. The molecule has 0 unspecified atom stereocenters. The molecule has 0 heterocycles. The van der Waals surface area contributed by atoms with E-state index in [4.69, 9.17) is 0 Å². The molecule has 0 aliphatic heterocycles. The predicted octanol–water partition coefficient (Wildman–Crippen LogP) is 3.81. The number of hydrogen-bond donors (Lipinski definition) is 0. The van der Waals surface area contributed by atoms with E-state index in [1.54, 1.807) is 0 Å². The van der Waals surface area contributed by atoms with Gasteiger partial charge in [0.2, 0.25) is 0 Å². The molecule has 2 aliphatic carbocycles. The molecule has 14 heavy (non-hydrogen) atoms. The van der Waals surface area contributed by atoms with E-state index in [2.05, 4.69) is 48.6 Å². The molecule has 0 saturated heterocycles. The summed E-state index contributed by atoms with van der Waals surface area (Å²) in [6.07, 6.45) is 8.82. The van der Waals surface area contributed by atoms with Crippen LogP contribution in [-0.2, 0) is 0 Å². The van der Waals surface area contributed by atoms with Gasteiger partial charge in [-0.2, -0.15) is 0 Å². The van der Waals surface area contributed by atoms with Crippen molar-refractivity contribution in [1.82, 2.24) is 0 Å². The lowest BCUT2D eigenvalue weighted by Crippen LogP contribution is -1.82. The van der Waals surface area contributed by atoms with Crippen LogP contribution in [0.5, 0.6) is 0 Å². The third-order valence-corrected chi connectivity index (χ3v) is 3.17. The molecule has 4 rings (SSSR count). The molecule has 0 bridgehead atoms. The van der Waals surface area contributed by atoms with Crippen LogP contribution in [0.4, 0.5) is 0 Å². The Balaban J connectivity index is 2.41. The Labute approximate surface area is 82.2 Å². The number of benzene rings is 2. The Bertz CT molecular complexity index is 521. The van der Waals surface area contributed by atoms with E-state index < -0.39 is 0 Å². The van der Waals surface area contributed by atoms with Crippen LogP contribution in [0.3, 0.4) is 0 Å². The Morgan fingerprint density at radius 3 is 1.00 bits per heavy atom. The minimum Gasteiger partial charge on any atom is -0.0537 e. The largest absolute Gasteiger partial charge is 0.0537 e. The summed E-state index contributed by atoms with van der Waals surface area (Å²) in [5.41, 5.74) is 5.46. The second-order valence-electron chi connectivity index (χ2n) is 3.90. The van der Waals surface area contributed by atoms with E-state index in [9.17, 15) is 0 Å². The Hall–Kier alpha value is -1.82. The first-order chi connectivity index (χ1) is 6.93. The highest BCUT2D eigenvalue weighted by molar-refractivity contribution is 6.14. The van der Waals surface area contributed by atoms with E-state index in [0.29, 0.717) is 0 Å². The quantitative estimate of drug-likeness (QED) is 0.382. The topological polar surface area (TPSA) is 0 Å². The molecule has 0 aromatic heterocycles. The summed E-state index contributed by atoms with van der Waals surface area (Å²) in [5, 5.41) is 2.87. The van der Waals surface area contributed by atoms with E-state index in [-0.39, 0.29) is 0 Å². The highest BCUT2D eigenvalue weighted by atomic mass is 14.2. The summed E-state index contributed by atoms with van der Waals surface area (Å²) in [7, 11) is 0. The van der Waals surface area contributed by atoms with Crippen molar-refractivity contribution in [2.45, 2.75) is 0 Å². The normalized spacial score (nSPS) is 14.6. The Morgan fingerprint density at radius 2 is 0.714 bits per heavy atom. The zero-order valence-corrected chi connectivity index (χ0v) is 7.62. The molecule has 0 spiro atoms. The molecule has 2 aromatic rings. The van der Waals surface area contributed by atoms with E-state index in [0.717, 1.165) is 0 Å². The molecule has 2 aliphatic rings. The first kappa shape index (κ1) is 6.61. The zero-order valence-electron chi connectivity index (χ0n) is 7.62. The van der Waals surface area contributed by atoms with Crippen LogP contribution < -0.4 is 0 Å². The van der Waals surface area contributed by atoms with E-state index >= 15 is 0 Å². The van der Waals surface area contributed by atoms with Crippen molar-refractivity contribution in [1.29, 1.82) is 0 Å². The number of rotatable bonds is 0. The second-order valence-corrected chi connectivity index (χ2v) is 3.90. The summed E-state index contributed by atoms with van der Waals surface area (Å²) in [5.74, 6) is 0. The maximum atomic E-state index is 2.21. The highest BCUT2D eigenvalue weighted by Crippen LogP contribution is 2.39. The molecule has 0 nitrogen and oxygen atoms in total. The van der Waals surface area contributed by atoms with Gasteiger partial charge >= 0.3 is 0 Å². The second kappa shape index (κ2) is 1.98. The van der Waals surface area contributed by atoms with Gasteiger partial charge in [-0.3, -0.25) is 0 Å². The van der Waals surface area contributed by atoms with Gasteiger partial charge in [0.15, 0.2) is 0 Å². The molecule has 0 N–H and O–H groups in total. The highest BCUT2D eigenvalue weighted by Gasteiger charge is 2.15. The van der Waals surface area contributed by atoms with E-state index in [1.807, 2.05) is 0 Å². The molecular formula is C14H8. The molecule has 0 fully saturated rings.